The molecule has 2 amide bonds. The van der Waals surface area contributed by atoms with Crippen LogP contribution in [0.5, 0.6) is 0 Å². The van der Waals surface area contributed by atoms with Gasteiger partial charge in [-0.3, -0.25) is 9.59 Å². The molecule has 1 heterocycles. The first-order chi connectivity index (χ1) is 9.94. The van der Waals surface area contributed by atoms with Crippen LogP contribution in [-0.2, 0) is 9.59 Å². The van der Waals surface area contributed by atoms with Gasteiger partial charge in [0.25, 0.3) is 0 Å². The maximum atomic E-state index is 12.2. The van der Waals surface area contributed by atoms with Crippen LogP contribution in [0, 0.1) is 0 Å². The van der Waals surface area contributed by atoms with Gasteiger partial charge in [0.2, 0.25) is 11.8 Å². The Hall–Kier alpha value is -1.88. The van der Waals surface area contributed by atoms with Gasteiger partial charge in [-0.15, -0.1) is 0 Å². The quantitative estimate of drug-likeness (QED) is 0.873. The zero-order chi connectivity index (χ0) is 15.5. The molecule has 0 aromatic heterocycles. The van der Waals surface area contributed by atoms with E-state index in [2.05, 4.69) is 10.6 Å². The monoisotopic (exact) mass is 289 g/mol. The molecule has 1 fully saturated rings. The highest BCUT2D eigenvalue weighted by Gasteiger charge is 2.26. The van der Waals surface area contributed by atoms with Crippen LogP contribution in [0.3, 0.4) is 0 Å². The number of anilines is 2. The van der Waals surface area contributed by atoms with E-state index in [0.717, 1.165) is 30.9 Å². The van der Waals surface area contributed by atoms with Crippen LogP contribution in [0.15, 0.2) is 24.3 Å². The van der Waals surface area contributed by atoms with E-state index in [-0.39, 0.29) is 11.8 Å². The Morgan fingerprint density at radius 1 is 1.29 bits per heavy atom. The van der Waals surface area contributed by atoms with Crippen LogP contribution >= 0.6 is 0 Å². The molecule has 0 spiro atoms. The van der Waals surface area contributed by atoms with Crippen molar-refractivity contribution in [2.75, 3.05) is 23.3 Å². The Kier molecular flexibility index (Phi) is 4.63. The van der Waals surface area contributed by atoms with Gasteiger partial charge in [-0.2, -0.15) is 0 Å². The molecule has 2 rings (SSSR count). The largest absolute Gasteiger partial charge is 0.325 e. The van der Waals surface area contributed by atoms with E-state index in [0.29, 0.717) is 6.42 Å². The van der Waals surface area contributed by atoms with Crippen molar-refractivity contribution in [3.05, 3.63) is 24.3 Å². The third kappa shape index (κ3) is 3.61. The van der Waals surface area contributed by atoms with Crippen LogP contribution in [0.4, 0.5) is 11.4 Å². The average molecular weight is 289 g/mol. The van der Waals surface area contributed by atoms with Crippen molar-refractivity contribution in [1.82, 2.24) is 5.32 Å². The van der Waals surface area contributed by atoms with Crippen molar-refractivity contribution in [1.29, 1.82) is 0 Å². The molecule has 1 saturated heterocycles. The number of nitrogens with one attached hydrogen (secondary N) is 2. The Bertz CT molecular complexity index is 523. The molecule has 1 aromatic carbocycles. The number of carbonyl (C=O) groups excluding carboxylic acids is 2. The van der Waals surface area contributed by atoms with Crippen molar-refractivity contribution in [2.45, 2.75) is 39.2 Å². The molecule has 0 saturated carbocycles. The van der Waals surface area contributed by atoms with Crippen LogP contribution in [-0.4, -0.2) is 30.4 Å². The van der Waals surface area contributed by atoms with Crippen molar-refractivity contribution in [2.24, 2.45) is 0 Å². The van der Waals surface area contributed by atoms with Crippen molar-refractivity contribution < 1.29 is 9.59 Å². The summed E-state index contributed by atoms with van der Waals surface area (Å²) in [7, 11) is 0. The summed E-state index contributed by atoms with van der Waals surface area (Å²) < 4.78 is 0. The number of likely N-dealkylation sites (N-methyl/N-ethyl adjacent to an activating group) is 1. The van der Waals surface area contributed by atoms with E-state index in [9.17, 15) is 9.59 Å². The molecule has 0 atom stereocenters. The van der Waals surface area contributed by atoms with Gasteiger partial charge in [-0.25, -0.2) is 0 Å². The van der Waals surface area contributed by atoms with Crippen LogP contribution in [0.1, 0.15) is 33.6 Å². The molecule has 0 aliphatic carbocycles. The lowest BCUT2D eigenvalue weighted by molar-refractivity contribution is -0.121. The summed E-state index contributed by atoms with van der Waals surface area (Å²) in [5.41, 5.74) is 1.01. The highest BCUT2D eigenvalue weighted by Crippen LogP contribution is 2.23. The number of hydrogen-bond acceptors (Lipinski definition) is 3. The molecule has 114 valence electrons. The lowest BCUT2D eigenvalue weighted by atomic mass is 10.0. The minimum atomic E-state index is -0.613. The fourth-order valence-electron chi connectivity index (χ4n) is 2.46. The van der Waals surface area contributed by atoms with Gasteiger partial charge in [-0.05, 0) is 51.1 Å². The van der Waals surface area contributed by atoms with E-state index < -0.39 is 5.54 Å². The molecule has 0 radical (unpaired) electrons. The zero-order valence-electron chi connectivity index (χ0n) is 12.9. The summed E-state index contributed by atoms with van der Waals surface area (Å²) in [4.78, 5) is 25.7. The molecular weight excluding hydrogens is 266 g/mol. The second-order valence-electron chi connectivity index (χ2n) is 5.81. The second kappa shape index (κ2) is 6.26. The summed E-state index contributed by atoms with van der Waals surface area (Å²) in [6.45, 7) is 7.18. The zero-order valence-corrected chi connectivity index (χ0v) is 12.9. The number of hydrogen-bond donors (Lipinski definition) is 2. The maximum absolute atomic E-state index is 12.2. The van der Waals surface area contributed by atoms with Crippen LogP contribution in [0.25, 0.3) is 0 Å². The second-order valence-corrected chi connectivity index (χ2v) is 5.81. The molecule has 1 aliphatic rings. The normalized spacial score (nSPS) is 15.4. The SMILES string of the molecule is CCNC(C)(C)C(=O)Nc1ccc(N2CCCC2=O)cc1. The number of amides is 2. The standard InChI is InChI=1S/C16H23N3O2/c1-4-17-16(2,3)15(21)18-12-7-9-13(10-8-12)19-11-5-6-14(19)20/h7-10,17H,4-6,11H2,1-3H3,(H,18,21). The first-order valence-electron chi connectivity index (χ1n) is 7.41. The van der Waals surface area contributed by atoms with Gasteiger partial charge in [0.15, 0.2) is 0 Å². The maximum Gasteiger partial charge on any atom is 0.244 e. The molecule has 21 heavy (non-hydrogen) atoms. The fourth-order valence-corrected chi connectivity index (χ4v) is 2.46. The van der Waals surface area contributed by atoms with Gasteiger partial charge in [0.1, 0.15) is 0 Å². The lowest BCUT2D eigenvalue weighted by Gasteiger charge is -2.24. The van der Waals surface area contributed by atoms with E-state index >= 15 is 0 Å². The van der Waals surface area contributed by atoms with Crippen molar-refractivity contribution in [3.63, 3.8) is 0 Å². The minimum Gasteiger partial charge on any atom is -0.325 e. The molecule has 1 aromatic rings. The third-order valence-corrected chi connectivity index (χ3v) is 3.70. The van der Waals surface area contributed by atoms with Crippen molar-refractivity contribution in [3.8, 4) is 0 Å². The molecule has 5 heteroatoms. The topological polar surface area (TPSA) is 61.4 Å². The van der Waals surface area contributed by atoms with Gasteiger partial charge >= 0.3 is 0 Å². The van der Waals surface area contributed by atoms with Gasteiger partial charge < -0.3 is 15.5 Å². The fraction of sp³-hybridized carbons (Fsp3) is 0.500. The highest BCUT2D eigenvalue weighted by atomic mass is 16.2. The average Bonchev–Trinajstić information content (AvgIpc) is 2.86. The predicted molar refractivity (Wildman–Crippen MR) is 84.4 cm³/mol. The van der Waals surface area contributed by atoms with Crippen LogP contribution < -0.4 is 15.5 Å². The smallest absolute Gasteiger partial charge is 0.244 e. The Morgan fingerprint density at radius 3 is 2.48 bits per heavy atom. The van der Waals surface area contributed by atoms with Gasteiger partial charge in [0.05, 0.1) is 5.54 Å². The first-order valence-corrected chi connectivity index (χ1v) is 7.41. The van der Waals surface area contributed by atoms with E-state index in [1.165, 1.54) is 0 Å². The molecule has 0 bridgehead atoms. The van der Waals surface area contributed by atoms with Crippen molar-refractivity contribution >= 4 is 23.2 Å². The minimum absolute atomic E-state index is 0.0747. The number of carbonyl (C=O) groups is 2. The number of nitrogens with zero attached hydrogens (tertiary/aromatic N) is 1. The van der Waals surface area contributed by atoms with Gasteiger partial charge in [-0.1, -0.05) is 6.92 Å². The van der Waals surface area contributed by atoms with E-state index in [1.807, 2.05) is 45.0 Å². The van der Waals surface area contributed by atoms with E-state index in [1.54, 1.807) is 4.90 Å². The Morgan fingerprint density at radius 2 is 1.95 bits per heavy atom. The highest BCUT2D eigenvalue weighted by molar-refractivity contribution is 5.98. The summed E-state index contributed by atoms with van der Waals surface area (Å²) in [6, 6.07) is 7.42. The molecule has 5 nitrogen and oxygen atoms in total. The predicted octanol–water partition coefficient (Wildman–Crippen LogP) is 2.14. The lowest BCUT2D eigenvalue weighted by Crippen LogP contribution is -2.49. The van der Waals surface area contributed by atoms with Gasteiger partial charge in [0, 0.05) is 24.3 Å². The Balaban J connectivity index is 2.02. The summed E-state index contributed by atoms with van der Waals surface area (Å²) in [5.74, 6) is 0.0920. The van der Waals surface area contributed by atoms with Crippen LogP contribution in [0.2, 0.25) is 0 Å². The third-order valence-electron chi connectivity index (χ3n) is 3.70. The van der Waals surface area contributed by atoms with E-state index in [4.69, 9.17) is 0 Å². The first kappa shape index (κ1) is 15.5. The molecule has 0 unspecified atom stereocenters. The summed E-state index contributed by atoms with van der Waals surface area (Å²) in [5, 5.41) is 6.03. The molecule has 1 aliphatic heterocycles. The molecule has 2 N–H and O–H groups in total. The number of benzene rings is 1. The summed E-state index contributed by atoms with van der Waals surface area (Å²) in [6.07, 6.45) is 1.53. The summed E-state index contributed by atoms with van der Waals surface area (Å²) >= 11 is 0. The number of rotatable bonds is 5. The molecular formula is C16H23N3O2. The Labute approximate surface area is 125 Å².